The van der Waals surface area contributed by atoms with Crippen molar-refractivity contribution >= 4 is 5.97 Å². The molecule has 0 radical (unpaired) electrons. The molecule has 0 aliphatic rings. The molecule has 106 valence electrons. The summed E-state index contributed by atoms with van der Waals surface area (Å²) in [6.07, 6.45) is 3.34. The van der Waals surface area contributed by atoms with Crippen molar-refractivity contribution in [1.29, 1.82) is 0 Å². The Morgan fingerprint density at radius 3 is 2.68 bits per heavy atom. The third kappa shape index (κ3) is 6.27. The van der Waals surface area contributed by atoms with Crippen LogP contribution in [0.2, 0.25) is 0 Å². The van der Waals surface area contributed by atoms with Crippen LogP contribution in [0, 0.1) is 13.8 Å². The molecular weight excluding hydrogens is 240 g/mol. The van der Waals surface area contributed by atoms with Crippen LogP contribution in [0.4, 0.5) is 0 Å². The fourth-order valence-electron chi connectivity index (χ4n) is 1.83. The largest absolute Gasteiger partial charge is 0.493 e. The Kier molecular flexibility index (Phi) is 7.01. The molecule has 19 heavy (non-hydrogen) atoms. The number of unbranched alkanes of at least 4 members (excludes halogenated alkanes) is 2. The minimum atomic E-state index is -0.0991. The van der Waals surface area contributed by atoms with E-state index in [4.69, 9.17) is 9.47 Å². The summed E-state index contributed by atoms with van der Waals surface area (Å²) in [7, 11) is 0. The molecule has 0 fully saturated rings. The first-order chi connectivity index (χ1) is 9.13. The van der Waals surface area contributed by atoms with E-state index in [1.807, 2.05) is 6.92 Å². The molecule has 1 aromatic carbocycles. The van der Waals surface area contributed by atoms with Gasteiger partial charge >= 0.3 is 5.97 Å². The summed E-state index contributed by atoms with van der Waals surface area (Å²) in [6, 6.07) is 6.22. The zero-order valence-electron chi connectivity index (χ0n) is 12.2. The molecular formula is C16H24O3. The van der Waals surface area contributed by atoms with Crippen molar-refractivity contribution in [3.05, 3.63) is 29.3 Å². The van der Waals surface area contributed by atoms with Gasteiger partial charge in [0.1, 0.15) is 5.75 Å². The lowest BCUT2D eigenvalue weighted by molar-refractivity contribution is -0.143. The summed E-state index contributed by atoms with van der Waals surface area (Å²) >= 11 is 0. The number of hydrogen-bond acceptors (Lipinski definition) is 3. The van der Waals surface area contributed by atoms with Crippen molar-refractivity contribution < 1.29 is 14.3 Å². The molecule has 1 rings (SSSR count). The zero-order valence-corrected chi connectivity index (χ0v) is 12.2. The second kappa shape index (κ2) is 8.57. The monoisotopic (exact) mass is 264 g/mol. The Hall–Kier alpha value is -1.51. The molecule has 0 aliphatic carbocycles. The molecule has 3 heteroatoms. The number of aryl methyl sites for hydroxylation is 2. The Morgan fingerprint density at radius 1 is 1.16 bits per heavy atom. The molecule has 0 saturated carbocycles. The predicted octanol–water partition coefficient (Wildman–Crippen LogP) is 3.81. The molecule has 0 aromatic heterocycles. The number of rotatable bonds is 8. The Bertz CT molecular complexity index is 399. The molecule has 0 spiro atoms. The first kappa shape index (κ1) is 15.5. The number of hydrogen-bond donors (Lipinski definition) is 0. The summed E-state index contributed by atoms with van der Waals surface area (Å²) in [4.78, 5) is 11.1. The van der Waals surface area contributed by atoms with Crippen molar-refractivity contribution in [2.45, 2.75) is 46.5 Å². The van der Waals surface area contributed by atoms with E-state index in [9.17, 15) is 4.79 Å². The van der Waals surface area contributed by atoms with Crippen LogP contribution >= 0.6 is 0 Å². The van der Waals surface area contributed by atoms with Gasteiger partial charge in [-0.05, 0) is 57.2 Å². The summed E-state index contributed by atoms with van der Waals surface area (Å²) in [5, 5.41) is 0. The van der Waals surface area contributed by atoms with Gasteiger partial charge in [0.25, 0.3) is 0 Å². The van der Waals surface area contributed by atoms with E-state index >= 15 is 0 Å². The highest BCUT2D eigenvalue weighted by atomic mass is 16.5. The molecule has 0 aliphatic heterocycles. The summed E-state index contributed by atoms with van der Waals surface area (Å²) < 4.78 is 10.6. The highest BCUT2D eigenvalue weighted by Crippen LogP contribution is 2.19. The van der Waals surface area contributed by atoms with Crippen molar-refractivity contribution in [2.24, 2.45) is 0 Å². The molecule has 0 amide bonds. The third-order valence-electron chi connectivity index (χ3n) is 2.93. The van der Waals surface area contributed by atoms with Crippen LogP contribution in [0.15, 0.2) is 18.2 Å². The first-order valence-corrected chi connectivity index (χ1v) is 6.99. The van der Waals surface area contributed by atoms with Gasteiger partial charge in [0.05, 0.1) is 13.2 Å². The van der Waals surface area contributed by atoms with Crippen molar-refractivity contribution in [3.63, 3.8) is 0 Å². The van der Waals surface area contributed by atoms with Crippen LogP contribution in [0.3, 0.4) is 0 Å². The van der Waals surface area contributed by atoms with Gasteiger partial charge in [-0.15, -0.1) is 0 Å². The van der Waals surface area contributed by atoms with E-state index in [1.165, 1.54) is 5.56 Å². The maximum atomic E-state index is 11.1. The molecule has 0 unspecified atom stereocenters. The highest BCUT2D eigenvalue weighted by Gasteiger charge is 2.02. The van der Waals surface area contributed by atoms with E-state index in [0.717, 1.165) is 30.6 Å². The fraction of sp³-hybridized carbons (Fsp3) is 0.562. The average Bonchev–Trinajstić information content (AvgIpc) is 2.38. The first-order valence-electron chi connectivity index (χ1n) is 6.99. The minimum Gasteiger partial charge on any atom is -0.493 e. The normalized spacial score (nSPS) is 10.3. The van der Waals surface area contributed by atoms with E-state index < -0.39 is 0 Å². The quantitative estimate of drug-likeness (QED) is 0.529. The topological polar surface area (TPSA) is 35.5 Å². The van der Waals surface area contributed by atoms with E-state index in [0.29, 0.717) is 19.6 Å². The molecule has 0 saturated heterocycles. The van der Waals surface area contributed by atoms with Gasteiger partial charge in [-0.1, -0.05) is 12.1 Å². The average molecular weight is 264 g/mol. The van der Waals surface area contributed by atoms with Gasteiger partial charge in [0.15, 0.2) is 0 Å². The second-order valence-corrected chi connectivity index (χ2v) is 4.73. The molecule has 0 N–H and O–H groups in total. The maximum Gasteiger partial charge on any atom is 0.305 e. The third-order valence-corrected chi connectivity index (χ3v) is 2.93. The van der Waals surface area contributed by atoms with Crippen molar-refractivity contribution in [3.8, 4) is 5.75 Å². The van der Waals surface area contributed by atoms with Gasteiger partial charge < -0.3 is 9.47 Å². The van der Waals surface area contributed by atoms with Crippen LogP contribution in [-0.4, -0.2) is 19.2 Å². The molecule has 0 bridgehead atoms. The van der Waals surface area contributed by atoms with Crippen LogP contribution < -0.4 is 4.74 Å². The Morgan fingerprint density at radius 2 is 1.95 bits per heavy atom. The fourth-order valence-corrected chi connectivity index (χ4v) is 1.83. The predicted molar refractivity (Wildman–Crippen MR) is 76.5 cm³/mol. The number of esters is 1. The van der Waals surface area contributed by atoms with Gasteiger partial charge in [0, 0.05) is 6.42 Å². The van der Waals surface area contributed by atoms with Crippen LogP contribution in [0.5, 0.6) is 5.75 Å². The molecule has 3 nitrogen and oxygen atoms in total. The highest BCUT2D eigenvalue weighted by molar-refractivity contribution is 5.69. The van der Waals surface area contributed by atoms with Crippen LogP contribution in [0.25, 0.3) is 0 Å². The minimum absolute atomic E-state index is 0.0991. The van der Waals surface area contributed by atoms with E-state index in [2.05, 4.69) is 32.0 Å². The summed E-state index contributed by atoms with van der Waals surface area (Å²) in [5.74, 6) is 0.864. The van der Waals surface area contributed by atoms with E-state index in [-0.39, 0.29) is 5.97 Å². The lowest BCUT2D eigenvalue weighted by atomic mass is 10.1. The number of carbonyl (C=O) groups is 1. The zero-order chi connectivity index (χ0) is 14.1. The van der Waals surface area contributed by atoms with Gasteiger partial charge in [-0.2, -0.15) is 0 Å². The van der Waals surface area contributed by atoms with Gasteiger partial charge in [-0.25, -0.2) is 0 Å². The number of ether oxygens (including phenoxy) is 2. The van der Waals surface area contributed by atoms with Gasteiger partial charge in [-0.3, -0.25) is 4.79 Å². The number of carbonyl (C=O) groups excluding carboxylic acids is 1. The maximum absolute atomic E-state index is 11.1. The SMILES string of the molecule is CCOC(=O)CCCCCOc1cc(C)ccc1C. The van der Waals surface area contributed by atoms with Crippen LogP contribution in [0.1, 0.15) is 43.7 Å². The summed E-state index contributed by atoms with van der Waals surface area (Å²) in [5.41, 5.74) is 2.38. The molecule has 0 heterocycles. The lowest BCUT2D eigenvalue weighted by Crippen LogP contribution is -2.04. The lowest BCUT2D eigenvalue weighted by Gasteiger charge is -2.09. The Labute approximate surface area is 115 Å². The second-order valence-electron chi connectivity index (χ2n) is 4.73. The number of benzene rings is 1. The van der Waals surface area contributed by atoms with Gasteiger partial charge in [0.2, 0.25) is 0 Å². The van der Waals surface area contributed by atoms with Crippen molar-refractivity contribution in [1.82, 2.24) is 0 Å². The smallest absolute Gasteiger partial charge is 0.305 e. The Balaban J connectivity index is 2.14. The summed E-state index contributed by atoms with van der Waals surface area (Å²) in [6.45, 7) is 7.11. The standard InChI is InChI=1S/C16H24O3/c1-4-18-16(17)8-6-5-7-11-19-15-12-13(2)9-10-14(15)3/h9-10,12H,4-8,11H2,1-3H3. The van der Waals surface area contributed by atoms with Crippen LogP contribution in [-0.2, 0) is 9.53 Å². The van der Waals surface area contributed by atoms with Crippen molar-refractivity contribution in [2.75, 3.05) is 13.2 Å². The molecule has 0 atom stereocenters. The van der Waals surface area contributed by atoms with E-state index in [1.54, 1.807) is 0 Å². The molecule has 1 aromatic rings.